The number of amides is 1. The standard InChI is InChI=1S/C23H27N3O3S/c1-16-9-8-12-18(13-16)15-30-22-26-25-20(28-22)19(14-17-10-6-5-7-11-17)24-21(27)29-23(2,3)4/h5-13,19H,14-15H2,1-4H3,(H,24,27)/t19-/m0/s1. The number of hydrogen-bond acceptors (Lipinski definition) is 6. The first kappa shape index (κ1) is 21.9. The fourth-order valence-electron chi connectivity index (χ4n) is 2.87. The molecule has 1 N–H and O–H groups in total. The number of aryl methyl sites for hydroxylation is 1. The molecule has 2 aromatic carbocycles. The Labute approximate surface area is 181 Å². The SMILES string of the molecule is Cc1cccc(CSc2nnc([C@H](Cc3ccccc3)NC(=O)OC(C)(C)C)o2)c1. The van der Waals surface area contributed by atoms with Crippen LogP contribution in [0.15, 0.2) is 64.2 Å². The number of benzene rings is 2. The number of hydrogen-bond donors (Lipinski definition) is 1. The number of carbonyl (C=O) groups is 1. The second-order valence-corrected chi connectivity index (χ2v) is 9.00. The van der Waals surface area contributed by atoms with Crippen LogP contribution in [0, 0.1) is 6.92 Å². The Morgan fingerprint density at radius 2 is 1.83 bits per heavy atom. The molecule has 1 atom stereocenters. The smallest absolute Gasteiger partial charge is 0.408 e. The fourth-order valence-corrected chi connectivity index (χ4v) is 3.58. The summed E-state index contributed by atoms with van der Waals surface area (Å²) in [4.78, 5) is 12.4. The normalized spacial score (nSPS) is 12.4. The molecule has 0 radical (unpaired) electrons. The van der Waals surface area contributed by atoms with Crippen LogP contribution in [0.25, 0.3) is 0 Å². The molecule has 0 saturated carbocycles. The quantitative estimate of drug-likeness (QED) is 0.505. The Kier molecular flexibility index (Phi) is 7.15. The maximum absolute atomic E-state index is 12.4. The Hall–Kier alpha value is -2.80. The zero-order valence-corrected chi connectivity index (χ0v) is 18.5. The third-order valence-corrected chi connectivity index (χ3v) is 5.03. The third kappa shape index (κ3) is 6.91. The van der Waals surface area contributed by atoms with Crippen molar-refractivity contribution in [1.29, 1.82) is 0 Å². The number of rotatable bonds is 7. The molecule has 0 aliphatic carbocycles. The Bertz CT molecular complexity index is 967. The minimum absolute atomic E-state index is 0.358. The van der Waals surface area contributed by atoms with E-state index in [4.69, 9.17) is 9.15 Å². The van der Waals surface area contributed by atoms with E-state index in [-0.39, 0.29) is 0 Å². The lowest BCUT2D eigenvalue weighted by Crippen LogP contribution is -2.36. The van der Waals surface area contributed by atoms with Crippen molar-refractivity contribution in [2.24, 2.45) is 0 Å². The van der Waals surface area contributed by atoms with E-state index in [1.54, 1.807) is 0 Å². The molecule has 158 valence electrons. The van der Waals surface area contributed by atoms with E-state index in [0.717, 1.165) is 11.3 Å². The first-order valence-electron chi connectivity index (χ1n) is 9.84. The molecule has 3 aromatic rings. The van der Waals surface area contributed by atoms with Crippen molar-refractivity contribution in [3.8, 4) is 0 Å². The van der Waals surface area contributed by atoms with Gasteiger partial charge < -0.3 is 14.5 Å². The highest BCUT2D eigenvalue weighted by Crippen LogP contribution is 2.25. The van der Waals surface area contributed by atoms with Gasteiger partial charge in [-0.2, -0.15) is 0 Å². The van der Waals surface area contributed by atoms with Crippen molar-refractivity contribution >= 4 is 17.9 Å². The van der Waals surface area contributed by atoms with Crippen LogP contribution in [0.3, 0.4) is 0 Å². The minimum Gasteiger partial charge on any atom is -0.444 e. The van der Waals surface area contributed by atoms with E-state index < -0.39 is 17.7 Å². The van der Waals surface area contributed by atoms with Crippen LogP contribution in [0.5, 0.6) is 0 Å². The van der Waals surface area contributed by atoms with Crippen LogP contribution < -0.4 is 5.32 Å². The molecule has 0 aliphatic heterocycles. The largest absolute Gasteiger partial charge is 0.444 e. The van der Waals surface area contributed by atoms with Crippen LogP contribution in [-0.4, -0.2) is 21.9 Å². The number of nitrogens with one attached hydrogen (secondary N) is 1. The number of thioether (sulfide) groups is 1. The summed E-state index contributed by atoms with van der Waals surface area (Å²) in [7, 11) is 0. The zero-order valence-electron chi connectivity index (χ0n) is 17.7. The predicted octanol–water partition coefficient (Wildman–Crippen LogP) is 5.48. The van der Waals surface area contributed by atoms with Crippen molar-refractivity contribution in [1.82, 2.24) is 15.5 Å². The van der Waals surface area contributed by atoms with Gasteiger partial charge in [0.15, 0.2) is 0 Å². The van der Waals surface area contributed by atoms with Crippen molar-refractivity contribution in [3.05, 3.63) is 77.2 Å². The molecule has 1 aromatic heterocycles. The van der Waals surface area contributed by atoms with Gasteiger partial charge in [0.25, 0.3) is 5.22 Å². The number of carbonyl (C=O) groups excluding carboxylic acids is 1. The van der Waals surface area contributed by atoms with Crippen LogP contribution in [-0.2, 0) is 16.9 Å². The molecule has 0 saturated heterocycles. The monoisotopic (exact) mass is 425 g/mol. The lowest BCUT2D eigenvalue weighted by Gasteiger charge is -2.22. The minimum atomic E-state index is -0.592. The average Bonchev–Trinajstić information content (AvgIpc) is 3.14. The zero-order chi connectivity index (χ0) is 21.6. The lowest BCUT2D eigenvalue weighted by atomic mass is 10.1. The van der Waals surface area contributed by atoms with Crippen LogP contribution in [0.2, 0.25) is 0 Å². The maximum Gasteiger partial charge on any atom is 0.408 e. The number of alkyl carbamates (subject to hydrolysis) is 1. The van der Waals surface area contributed by atoms with Gasteiger partial charge in [0, 0.05) is 12.2 Å². The first-order chi connectivity index (χ1) is 14.3. The topological polar surface area (TPSA) is 77.2 Å². The van der Waals surface area contributed by atoms with Gasteiger partial charge in [-0.15, -0.1) is 10.2 Å². The summed E-state index contributed by atoms with van der Waals surface area (Å²) in [5.41, 5.74) is 2.85. The molecular weight excluding hydrogens is 398 g/mol. The molecule has 0 spiro atoms. The van der Waals surface area contributed by atoms with Gasteiger partial charge in [0.1, 0.15) is 11.6 Å². The Morgan fingerprint density at radius 1 is 1.10 bits per heavy atom. The van der Waals surface area contributed by atoms with E-state index in [1.165, 1.54) is 22.9 Å². The summed E-state index contributed by atoms with van der Waals surface area (Å²) in [6.45, 7) is 7.54. The van der Waals surface area contributed by atoms with Gasteiger partial charge in [0.05, 0.1) is 0 Å². The molecular formula is C23H27N3O3S. The second-order valence-electron chi connectivity index (χ2n) is 8.07. The third-order valence-electron chi connectivity index (χ3n) is 4.14. The number of ether oxygens (including phenoxy) is 1. The molecule has 6 nitrogen and oxygen atoms in total. The van der Waals surface area contributed by atoms with E-state index in [1.807, 2.05) is 57.2 Å². The molecule has 30 heavy (non-hydrogen) atoms. The van der Waals surface area contributed by atoms with Gasteiger partial charge >= 0.3 is 6.09 Å². The highest BCUT2D eigenvalue weighted by Gasteiger charge is 2.25. The second kappa shape index (κ2) is 9.80. The van der Waals surface area contributed by atoms with E-state index in [9.17, 15) is 4.79 Å². The first-order valence-corrected chi connectivity index (χ1v) is 10.8. The lowest BCUT2D eigenvalue weighted by molar-refractivity contribution is 0.0494. The van der Waals surface area contributed by atoms with Gasteiger partial charge in [-0.3, -0.25) is 0 Å². The molecule has 0 bridgehead atoms. The summed E-state index contributed by atoms with van der Waals surface area (Å²) < 4.78 is 11.3. The van der Waals surface area contributed by atoms with E-state index in [2.05, 4.69) is 40.6 Å². The molecule has 0 aliphatic rings. The molecule has 0 fully saturated rings. The highest BCUT2D eigenvalue weighted by atomic mass is 32.2. The summed E-state index contributed by atoms with van der Waals surface area (Å²) in [5, 5.41) is 11.7. The van der Waals surface area contributed by atoms with E-state index in [0.29, 0.717) is 17.5 Å². The van der Waals surface area contributed by atoms with Gasteiger partial charge in [-0.25, -0.2) is 4.79 Å². The summed E-state index contributed by atoms with van der Waals surface area (Å²) in [6.07, 6.45) is 0.000150. The van der Waals surface area contributed by atoms with Crippen LogP contribution in [0.4, 0.5) is 4.79 Å². The summed E-state index contributed by atoms with van der Waals surface area (Å²) in [6, 6.07) is 17.7. The summed E-state index contributed by atoms with van der Waals surface area (Å²) in [5.74, 6) is 1.09. The predicted molar refractivity (Wildman–Crippen MR) is 117 cm³/mol. The number of aromatic nitrogens is 2. The number of nitrogens with zero attached hydrogens (tertiary/aromatic N) is 2. The maximum atomic E-state index is 12.4. The fraction of sp³-hybridized carbons (Fsp3) is 0.348. The Morgan fingerprint density at radius 3 is 2.53 bits per heavy atom. The Balaban J connectivity index is 1.71. The van der Waals surface area contributed by atoms with Gasteiger partial charge in [-0.05, 0) is 38.8 Å². The molecule has 1 heterocycles. The average molecular weight is 426 g/mol. The van der Waals surface area contributed by atoms with E-state index >= 15 is 0 Å². The molecule has 1 amide bonds. The van der Waals surface area contributed by atoms with Crippen LogP contribution in [0.1, 0.15) is 49.4 Å². The van der Waals surface area contributed by atoms with Crippen molar-refractivity contribution in [2.45, 2.75) is 56.7 Å². The van der Waals surface area contributed by atoms with Crippen molar-refractivity contribution in [2.75, 3.05) is 0 Å². The van der Waals surface area contributed by atoms with Crippen molar-refractivity contribution in [3.63, 3.8) is 0 Å². The van der Waals surface area contributed by atoms with Gasteiger partial charge in [0.2, 0.25) is 5.89 Å². The van der Waals surface area contributed by atoms with Crippen molar-refractivity contribution < 1.29 is 13.9 Å². The highest BCUT2D eigenvalue weighted by molar-refractivity contribution is 7.98. The van der Waals surface area contributed by atoms with Gasteiger partial charge in [-0.1, -0.05) is 71.9 Å². The van der Waals surface area contributed by atoms with Crippen LogP contribution >= 0.6 is 11.8 Å². The molecule has 7 heteroatoms. The summed E-state index contributed by atoms with van der Waals surface area (Å²) >= 11 is 1.47. The molecule has 0 unspecified atom stereocenters. The molecule has 3 rings (SSSR count).